The second-order valence-corrected chi connectivity index (χ2v) is 7.53. The van der Waals surface area contributed by atoms with Crippen LogP contribution < -0.4 is 10.6 Å². The molecule has 2 amide bonds. The summed E-state index contributed by atoms with van der Waals surface area (Å²) in [6, 6.07) is 24.0. The number of carbonyl (C=O) groups excluding carboxylic acids is 3. The Bertz CT molecular complexity index is 1040. The van der Waals surface area contributed by atoms with E-state index in [2.05, 4.69) is 10.6 Å². The van der Waals surface area contributed by atoms with Crippen molar-refractivity contribution in [2.24, 2.45) is 0 Å². The first-order valence-corrected chi connectivity index (χ1v) is 10.5. The van der Waals surface area contributed by atoms with Crippen LogP contribution in [0.2, 0.25) is 5.02 Å². The van der Waals surface area contributed by atoms with Crippen LogP contribution in [0.1, 0.15) is 21.5 Å². The van der Waals surface area contributed by atoms with Crippen molar-refractivity contribution in [1.29, 1.82) is 0 Å². The number of esters is 1. The molecule has 7 heteroatoms. The Morgan fingerprint density at radius 2 is 1.44 bits per heavy atom. The van der Waals surface area contributed by atoms with Gasteiger partial charge in [-0.25, -0.2) is 4.79 Å². The van der Waals surface area contributed by atoms with Crippen molar-refractivity contribution in [3.05, 3.63) is 107 Å². The van der Waals surface area contributed by atoms with Crippen LogP contribution in [0, 0.1) is 0 Å². The number of benzene rings is 3. The minimum absolute atomic E-state index is 0.241. The Balaban J connectivity index is 1.57. The van der Waals surface area contributed by atoms with Crippen molar-refractivity contribution < 1.29 is 19.1 Å². The molecule has 3 aromatic carbocycles. The zero-order valence-corrected chi connectivity index (χ0v) is 18.0. The molecule has 164 valence electrons. The zero-order chi connectivity index (χ0) is 22.8. The first kappa shape index (κ1) is 23.0. The molecule has 0 aliphatic carbocycles. The van der Waals surface area contributed by atoms with E-state index >= 15 is 0 Å². The quantitative estimate of drug-likeness (QED) is 0.488. The summed E-state index contributed by atoms with van der Waals surface area (Å²) in [4.78, 5) is 37.4. The number of halogens is 1. The summed E-state index contributed by atoms with van der Waals surface area (Å²) in [6.07, 6.45) is 0.241. The highest BCUT2D eigenvalue weighted by molar-refractivity contribution is 6.30. The number of ether oxygens (including phenoxy) is 1. The number of hydrogen-bond donors (Lipinski definition) is 2. The van der Waals surface area contributed by atoms with E-state index in [0.717, 1.165) is 11.1 Å². The van der Waals surface area contributed by atoms with Crippen molar-refractivity contribution in [3.8, 4) is 0 Å². The molecule has 3 rings (SSSR count). The van der Waals surface area contributed by atoms with Gasteiger partial charge >= 0.3 is 5.97 Å². The van der Waals surface area contributed by atoms with E-state index in [-0.39, 0.29) is 13.0 Å². The first-order chi connectivity index (χ1) is 15.5. The van der Waals surface area contributed by atoms with Crippen LogP contribution in [-0.4, -0.2) is 30.4 Å². The summed E-state index contributed by atoms with van der Waals surface area (Å²) in [5.41, 5.74) is 2.15. The van der Waals surface area contributed by atoms with Crippen LogP contribution >= 0.6 is 11.6 Å². The largest absolute Gasteiger partial charge is 0.454 e. The molecule has 0 radical (unpaired) electrons. The fourth-order valence-electron chi connectivity index (χ4n) is 2.97. The molecule has 0 heterocycles. The average Bonchev–Trinajstić information content (AvgIpc) is 2.83. The molecule has 0 saturated heterocycles. The third kappa shape index (κ3) is 7.25. The van der Waals surface area contributed by atoms with Gasteiger partial charge in [0.2, 0.25) is 0 Å². The van der Waals surface area contributed by atoms with E-state index in [9.17, 15) is 14.4 Å². The lowest BCUT2D eigenvalue weighted by molar-refractivity contribution is -0.150. The standard InChI is InChI=1S/C25H23ClN2O4/c26-21-13-11-19(12-14-21)16-27-23(29)17-32-25(31)22(15-18-7-3-1-4-8-18)28-24(30)20-9-5-2-6-10-20/h1-14,22H,15-17H2,(H,27,29)(H,28,30)/t22-/m0/s1. The van der Waals surface area contributed by atoms with Gasteiger partial charge in [0.15, 0.2) is 6.61 Å². The monoisotopic (exact) mass is 450 g/mol. The van der Waals surface area contributed by atoms with E-state index in [4.69, 9.17) is 16.3 Å². The van der Waals surface area contributed by atoms with E-state index in [1.165, 1.54) is 0 Å². The predicted molar refractivity (Wildman–Crippen MR) is 122 cm³/mol. The number of nitrogens with one attached hydrogen (secondary N) is 2. The Labute approximate surface area is 191 Å². The maximum atomic E-state index is 12.7. The fraction of sp³-hybridized carbons (Fsp3) is 0.160. The number of rotatable bonds is 9. The second-order valence-electron chi connectivity index (χ2n) is 7.09. The SMILES string of the molecule is O=C(COC(=O)[C@H](Cc1ccccc1)NC(=O)c1ccccc1)NCc1ccc(Cl)cc1. The zero-order valence-electron chi connectivity index (χ0n) is 17.3. The summed E-state index contributed by atoms with van der Waals surface area (Å²) in [5, 5.41) is 6.00. The highest BCUT2D eigenvalue weighted by Gasteiger charge is 2.24. The van der Waals surface area contributed by atoms with E-state index < -0.39 is 30.4 Å². The number of carbonyl (C=O) groups is 3. The topological polar surface area (TPSA) is 84.5 Å². The Kier molecular flexibility index (Phi) is 8.40. The summed E-state index contributed by atoms with van der Waals surface area (Å²) in [6.45, 7) is -0.162. The molecule has 0 unspecified atom stereocenters. The maximum Gasteiger partial charge on any atom is 0.329 e. The van der Waals surface area contributed by atoms with Crippen LogP contribution in [0.3, 0.4) is 0 Å². The lowest BCUT2D eigenvalue weighted by Crippen LogP contribution is -2.44. The summed E-state index contributed by atoms with van der Waals surface area (Å²) < 4.78 is 5.20. The Morgan fingerprint density at radius 3 is 2.09 bits per heavy atom. The predicted octanol–water partition coefficient (Wildman–Crippen LogP) is 3.54. The molecule has 0 saturated carbocycles. The minimum Gasteiger partial charge on any atom is -0.454 e. The van der Waals surface area contributed by atoms with Gasteiger partial charge in [0, 0.05) is 23.6 Å². The first-order valence-electron chi connectivity index (χ1n) is 10.1. The summed E-state index contributed by atoms with van der Waals surface area (Å²) >= 11 is 5.85. The molecule has 0 bridgehead atoms. The summed E-state index contributed by atoms with van der Waals surface area (Å²) in [5.74, 6) is -1.52. The number of hydrogen-bond acceptors (Lipinski definition) is 4. The Hall–Kier alpha value is -3.64. The van der Waals surface area contributed by atoms with Gasteiger partial charge in [-0.3, -0.25) is 9.59 Å². The van der Waals surface area contributed by atoms with Crippen LogP contribution in [0.5, 0.6) is 0 Å². The second kappa shape index (κ2) is 11.7. The average molecular weight is 451 g/mol. The smallest absolute Gasteiger partial charge is 0.329 e. The van der Waals surface area contributed by atoms with Gasteiger partial charge in [-0.2, -0.15) is 0 Å². The molecule has 32 heavy (non-hydrogen) atoms. The minimum atomic E-state index is -0.936. The van der Waals surface area contributed by atoms with E-state index in [1.807, 2.05) is 30.3 Å². The normalized spacial score (nSPS) is 11.3. The molecule has 0 spiro atoms. The highest BCUT2D eigenvalue weighted by Crippen LogP contribution is 2.09. The van der Waals surface area contributed by atoms with Gasteiger partial charge in [-0.15, -0.1) is 0 Å². The molecule has 6 nitrogen and oxygen atoms in total. The van der Waals surface area contributed by atoms with Crippen LogP contribution in [0.15, 0.2) is 84.9 Å². The van der Waals surface area contributed by atoms with Crippen molar-refractivity contribution in [3.63, 3.8) is 0 Å². The van der Waals surface area contributed by atoms with Gasteiger partial charge in [0.05, 0.1) is 0 Å². The van der Waals surface area contributed by atoms with Gasteiger partial charge in [0.25, 0.3) is 11.8 Å². The highest BCUT2D eigenvalue weighted by atomic mass is 35.5. The molecule has 0 aliphatic heterocycles. The van der Waals surface area contributed by atoms with Crippen molar-refractivity contribution in [2.75, 3.05) is 6.61 Å². The van der Waals surface area contributed by atoms with E-state index in [0.29, 0.717) is 10.6 Å². The lowest BCUT2D eigenvalue weighted by atomic mass is 10.1. The molecule has 0 fully saturated rings. The molecule has 1 atom stereocenters. The maximum absolute atomic E-state index is 12.7. The molecular formula is C25H23ClN2O4. The van der Waals surface area contributed by atoms with Gasteiger partial charge in [-0.1, -0.05) is 72.3 Å². The molecular weight excluding hydrogens is 428 g/mol. The third-order valence-electron chi connectivity index (χ3n) is 4.66. The van der Waals surface area contributed by atoms with Crippen LogP contribution in [0.25, 0.3) is 0 Å². The molecule has 0 aromatic heterocycles. The van der Waals surface area contributed by atoms with Crippen molar-refractivity contribution in [2.45, 2.75) is 19.0 Å². The lowest BCUT2D eigenvalue weighted by Gasteiger charge is -2.18. The van der Waals surface area contributed by atoms with Gasteiger partial charge in [0.1, 0.15) is 6.04 Å². The van der Waals surface area contributed by atoms with Gasteiger partial charge < -0.3 is 15.4 Å². The molecule has 2 N–H and O–H groups in total. The fourth-order valence-corrected chi connectivity index (χ4v) is 3.09. The Morgan fingerprint density at radius 1 is 0.812 bits per heavy atom. The summed E-state index contributed by atoms with van der Waals surface area (Å²) in [7, 11) is 0. The van der Waals surface area contributed by atoms with Crippen LogP contribution in [0.4, 0.5) is 0 Å². The van der Waals surface area contributed by atoms with Crippen molar-refractivity contribution >= 4 is 29.4 Å². The van der Waals surface area contributed by atoms with E-state index in [1.54, 1.807) is 54.6 Å². The van der Waals surface area contributed by atoms with Gasteiger partial charge in [-0.05, 0) is 35.4 Å². The third-order valence-corrected chi connectivity index (χ3v) is 4.91. The van der Waals surface area contributed by atoms with Crippen LogP contribution in [-0.2, 0) is 27.3 Å². The van der Waals surface area contributed by atoms with Crippen molar-refractivity contribution in [1.82, 2.24) is 10.6 Å². The number of amides is 2. The molecule has 3 aromatic rings. The molecule has 0 aliphatic rings.